The molecule has 0 N–H and O–H groups in total. The van der Waals surface area contributed by atoms with Gasteiger partial charge in [-0.25, -0.2) is 0 Å². The van der Waals surface area contributed by atoms with Crippen molar-refractivity contribution in [1.82, 2.24) is 19.6 Å². The number of halogens is 12. The van der Waals surface area contributed by atoms with E-state index in [9.17, 15) is 52.7 Å². The maximum atomic E-state index is 15.0. The molecule has 0 unspecified atom stereocenters. The van der Waals surface area contributed by atoms with Crippen molar-refractivity contribution in [3.05, 3.63) is 240 Å². The topological polar surface area (TPSA) is 59.1 Å². The highest BCUT2D eigenvalue weighted by Crippen LogP contribution is 2.47. The number of benzene rings is 8. The van der Waals surface area contributed by atoms with Gasteiger partial charge in [0.25, 0.3) is 0 Å². The van der Waals surface area contributed by atoms with Gasteiger partial charge in [0.1, 0.15) is 10.8 Å². The van der Waals surface area contributed by atoms with E-state index in [4.69, 9.17) is 23.4 Å². The standard InChI is InChI=1S/C70H74B4F12N4O5/c1-87(2)43-47-91-71(61-35-27-57(28-36-61)67(75,76)77)65(55-23-19-53(20-24-55)51-15-11-9-12-16-51,72(92-48-44-88(3)4)62-37-29-58(30-38-62)68(78,79)80)95-66(56-25-21-54(22-26-56)52-17-13-10-14-18-52,73(93-49-45-89(5)6)63-39-31-59(32-40-63)69(81,82)83)74(94-50-46-90(7)8)64-41-33-60(34-42-64)70(84,85)86/h9-42H,43-50H2,1-8H3. The average molecular weight is 1320 g/mol. The van der Waals surface area contributed by atoms with E-state index < -0.39 is 85.4 Å². The van der Waals surface area contributed by atoms with Gasteiger partial charge in [-0.3, -0.25) is 0 Å². The average Bonchev–Trinajstić information content (AvgIpc) is 0.707. The monoisotopic (exact) mass is 1320 g/mol. The summed E-state index contributed by atoms with van der Waals surface area (Å²) in [6.45, 7) is -7.44. The number of nitrogens with zero attached hydrogens (tertiary/aromatic N) is 4. The van der Waals surface area contributed by atoms with Crippen LogP contribution < -0.4 is 21.9 Å². The van der Waals surface area contributed by atoms with Gasteiger partial charge in [-0.15, -0.1) is 0 Å². The predicted octanol–water partition coefficient (Wildman–Crippen LogP) is 12.3. The van der Waals surface area contributed by atoms with Gasteiger partial charge >= 0.3 is 52.4 Å². The van der Waals surface area contributed by atoms with E-state index in [0.29, 0.717) is 11.1 Å². The van der Waals surface area contributed by atoms with E-state index in [0.717, 1.165) is 59.7 Å². The summed E-state index contributed by atoms with van der Waals surface area (Å²) in [5.74, 6) is 0. The van der Waals surface area contributed by atoms with Crippen LogP contribution in [0, 0.1) is 0 Å². The number of ether oxygens (including phenoxy) is 1. The summed E-state index contributed by atoms with van der Waals surface area (Å²) in [4.78, 5) is 7.11. The summed E-state index contributed by atoms with van der Waals surface area (Å²) in [7, 11) is 14.0. The summed E-state index contributed by atoms with van der Waals surface area (Å²) in [5.41, 5.74) is -1.26. The minimum absolute atomic E-state index is 0.00421. The van der Waals surface area contributed by atoms with Crippen LogP contribution in [0.15, 0.2) is 206 Å². The number of alkyl halides is 12. The Bertz CT molecular complexity index is 3240. The molecule has 0 heterocycles. The molecule has 0 aliphatic heterocycles. The third-order valence-electron chi connectivity index (χ3n) is 16.2. The molecule has 0 fully saturated rings. The Hall–Kier alpha value is -7.18. The van der Waals surface area contributed by atoms with Crippen molar-refractivity contribution in [3.63, 3.8) is 0 Å². The van der Waals surface area contributed by atoms with Gasteiger partial charge in [-0.1, -0.05) is 206 Å². The van der Waals surface area contributed by atoms with Crippen molar-refractivity contribution >= 4 is 49.5 Å². The second-order valence-electron chi connectivity index (χ2n) is 24.3. The molecule has 500 valence electrons. The lowest BCUT2D eigenvalue weighted by Crippen LogP contribution is -2.76. The van der Waals surface area contributed by atoms with E-state index in [1.165, 1.54) is 48.5 Å². The third-order valence-corrected chi connectivity index (χ3v) is 16.2. The SMILES string of the molecule is CN(C)CCOB(c1ccc(C(F)(F)F)cc1)C(OC(B(OCCN(C)C)c1ccc(C(F)(F)F)cc1)(B(OCCN(C)C)c1ccc(C(F)(F)F)cc1)c1ccc(-c2ccccc2)cc1)(B(OCCN(C)C)c1ccc(C(F)(F)F)cc1)c1ccc(-c2ccccc2)cc1. The molecular weight excluding hydrogens is 1250 g/mol. The molecule has 9 nitrogen and oxygen atoms in total. The van der Waals surface area contributed by atoms with Gasteiger partial charge in [0.15, 0.2) is 0 Å². The normalized spacial score (nSPS) is 12.7. The van der Waals surface area contributed by atoms with Gasteiger partial charge in [0.05, 0.1) is 22.3 Å². The number of rotatable bonds is 30. The van der Waals surface area contributed by atoms with E-state index in [-0.39, 0.29) is 85.6 Å². The van der Waals surface area contributed by atoms with Crippen LogP contribution in [0.5, 0.6) is 0 Å². The van der Waals surface area contributed by atoms with E-state index in [1.807, 2.05) is 60.7 Å². The first-order chi connectivity index (χ1) is 44.9. The van der Waals surface area contributed by atoms with E-state index in [1.54, 1.807) is 125 Å². The number of hydrogen-bond acceptors (Lipinski definition) is 9. The highest BCUT2D eigenvalue weighted by Gasteiger charge is 2.67. The van der Waals surface area contributed by atoms with Gasteiger partial charge < -0.3 is 43.0 Å². The maximum Gasteiger partial charge on any atom is 0.416 e. The quantitative estimate of drug-likeness (QED) is 0.0324. The van der Waals surface area contributed by atoms with Gasteiger partial charge in [-0.05, 0) is 112 Å². The molecule has 0 atom stereocenters. The molecule has 0 saturated carbocycles. The lowest BCUT2D eigenvalue weighted by Gasteiger charge is -2.52. The molecule has 0 aliphatic rings. The van der Waals surface area contributed by atoms with E-state index in [2.05, 4.69) is 0 Å². The second-order valence-corrected chi connectivity index (χ2v) is 24.3. The smallest absolute Gasteiger partial charge is 0.416 e. The summed E-state index contributed by atoms with van der Waals surface area (Å²) < 4.78 is 218. The molecular formula is C70H74B4F12N4O5. The van der Waals surface area contributed by atoms with Crippen molar-refractivity contribution in [2.45, 2.75) is 35.5 Å². The molecule has 0 aliphatic carbocycles. The lowest BCUT2D eigenvalue weighted by atomic mass is 9.23. The Labute approximate surface area is 549 Å². The maximum absolute atomic E-state index is 15.0. The number of likely N-dealkylation sites (N-methyl/N-ethyl adjacent to an activating group) is 4. The van der Waals surface area contributed by atoms with Crippen LogP contribution in [0.2, 0.25) is 0 Å². The van der Waals surface area contributed by atoms with Crippen LogP contribution in [0.3, 0.4) is 0 Å². The Balaban J connectivity index is 1.69. The Morgan fingerprint density at radius 2 is 0.442 bits per heavy atom. The minimum atomic E-state index is -4.88. The molecule has 0 radical (unpaired) electrons. The van der Waals surface area contributed by atoms with Gasteiger partial charge in [-0.2, -0.15) is 52.7 Å². The first-order valence-electron chi connectivity index (χ1n) is 30.7. The fourth-order valence-corrected chi connectivity index (χ4v) is 11.3. The highest BCUT2D eigenvalue weighted by atomic mass is 19.4. The first kappa shape index (κ1) is 73.6. The Morgan fingerprint density at radius 1 is 0.253 bits per heavy atom. The summed E-state index contributed by atoms with van der Waals surface area (Å²) >= 11 is 0. The molecule has 0 spiro atoms. The van der Waals surface area contributed by atoms with Crippen molar-refractivity contribution in [2.75, 3.05) is 109 Å². The fraction of sp³-hybridized carbons (Fsp3) is 0.314. The molecule has 25 heteroatoms. The van der Waals surface area contributed by atoms with Crippen LogP contribution in [-0.2, 0) is 58.9 Å². The molecule has 0 saturated heterocycles. The zero-order valence-corrected chi connectivity index (χ0v) is 54.0. The Morgan fingerprint density at radius 3 is 0.632 bits per heavy atom. The summed E-state index contributed by atoms with van der Waals surface area (Å²) in [6.07, 6.45) is -19.5. The zero-order chi connectivity index (χ0) is 68.9. The first-order valence-corrected chi connectivity index (χ1v) is 30.7. The Kier molecular flexibility index (Phi) is 24.6. The largest absolute Gasteiger partial charge is 0.428 e. The van der Waals surface area contributed by atoms with Crippen LogP contribution in [0.25, 0.3) is 22.3 Å². The lowest BCUT2D eigenvalue weighted by molar-refractivity contribution is -0.138. The summed E-state index contributed by atoms with van der Waals surface area (Å²) in [6, 6.07) is 48.4. The van der Waals surface area contributed by atoms with Crippen LogP contribution in [0.4, 0.5) is 52.7 Å². The van der Waals surface area contributed by atoms with Crippen LogP contribution in [-0.4, -0.2) is 156 Å². The molecule has 8 rings (SSSR count). The summed E-state index contributed by atoms with van der Waals surface area (Å²) in [5, 5.41) is -5.15. The number of hydrogen-bond donors (Lipinski definition) is 0. The molecule has 95 heavy (non-hydrogen) atoms. The molecule has 8 aromatic carbocycles. The second kappa shape index (κ2) is 31.8. The fourth-order valence-electron chi connectivity index (χ4n) is 11.3. The predicted molar refractivity (Wildman–Crippen MR) is 354 cm³/mol. The zero-order valence-electron chi connectivity index (χ0n) is 54.0. The van der Waals surface area contributed by atoms with Crippen LogP contribution in [0.1, 0.15) is 33.4 Å². The van der Waals surface area contributed by atoms with Crippen molar-refractivity contribution in [2.24, 2.45) is 0 Å². The molecule has 0 bridgehead atoms. The van der Waals surface area contributed by atoms with Crippen molar-refractivity contribution in [1.29, 1.82) is 0 Å². The van der Waals surface area contributed by atoms with Crippen LogP contribution >= 0.6 is 0 Å². The third kappa shape index (κ3) is 18.7. The molecule has 8 aromatic rings. The minimum Gasteiger partial charge on any atom is -0.428 e. The van der Waals surface area contributed by atoms with E-state index >= 15 is 0 Å². The van der Waals surface area contributed by atoms with Gasteiger partial charge in [0, 0.05) is 52.6 Å². The van der Waals surface area contributed by atoms with Gasteiger partial charge in [0.2, 0.25) is 0 Å². The van der Waals surface area contributed by atoms with Crippen molar-refractivity contribution < 1.29 is 76.0 Å². The highest BCUT2D eigenvalue weighted by molar-refractivity contribution is 6.91. The van der Waals surface area contributed by atoms with Crippen molar-refractivity contribution in [3.8, 4) is 22.3 Å². The molecule has 0 amide bonds. The molecule has 0 aromatic heterocycles.